The van der Waals surface area contributed by atoms with E-state index in [-0.39, 0.29) is 12.5 Å². The zero-order valence-corrected chi connectivity index (χ0v) is 41.1. The van der Waals surface area contributed by atoms with Crippen molar-refractivity contribution in [3.8, 4) is 0 Å². The van der Waals surface area contributed by atoms with Gasteiger partial charge in [-0.25, -0.2) is 0 Å². The van der Waals surface area contributed by atoms with E-state index < -0.39 is 49.5 Å². The molecule has 0 aromatic carbocycles. The first-order chi connectivity index (χ1) is 30.8. The van der Waals surface area contributed by atoms with Crippen molar-refractivity contribution in [3.63, 3.8) is 0 Å². The van der Waals surface area contributed by atoms with Crippen molar-refractivity contribution in [2.24, 2.45) is 0 Å². The van der Waals surface area contributed by atoms with E-state index in [1.165, 1.54) is 199 Å². The van der Waals surface area contributed by atoms with E-state index in [9.17, 15) is 30.3 Å². The molecule has 1 aliphatic heterocycles. The summed E-state index contributed by atoms with van der Waals surface area (Å²) in [5.74, 6) is -0.182. The molecule has 6 N–H and O–H groups in total. The summed E-state index contributed by atoms with van der Waals surface area (Å²) in [6, 6.07) is -0.817. The summed E-state index contributed by atoms with van der Waals surface area (Å²) < 4.78 is 11.2. The Kier molecular flexibility index (Phi) is 42.2. The van der Waals surface area contributed by atoms with E-state index in [4.69, 9.17) is 9.47 Å². The summed E-state index contributed by atoms with van der Waals surface area (Å²) >= 11 is 0. The molecule has 0 aromatic heterocycles. The summed E-state index contributed by atoms with van der Waals surface area (Å²) in [5.41, 5.74) is 0. The molecular formula is C54H103NO8. The van der Waals surface area contributed by atoms with Crippen molar-refractivity contribution in [1.82, 2.24) is 5.32 Å². The van der Waals surface area contributed by atoms with Gasteiger partial charge in [-0.15, -0.1) is 0 Å². The molecule has 63 heavy (non-hydrogen) atoms. The van der Waals surface area contributed by atoms with Gasteiger partial charge in [0.25, 0.3) is 0 Å². The van der Waals surface area contributed by atoms with Crippen LogP contribution in [-0.2, 0) is 14.3 Å². The van der Waals surface area contributed by atoms with Crippen LogP contribution in [0.1, 0.15) is 258 Å². The molecule has 0 aromatic rings. The van der Waals surface area contributed by atoms with Crippen LogP contribution in [-0.4, -0.2) is 87.5 Å². The number of unbranched alkanes of at least 4 members (excludes halogenated alkanes) is 34. The number of amides is 1. The molecule has 1 saturated heterocycles. The number of carbonyl (C=O) groups is 1. The Labute approximate surface area is 388 Å². The predicted octanol–water partition coefficient (Wildman–Crippen LogP) is 12.6. The van der Waals surface area contributed by atoms with Gasteiger partial charge in [0, 0.05) is 6.42 Å². The summed E-state index contributed by atoms with van der Waals surface area (Å²) in [7, 11) is 0. The molecule has 9 nitrogen and oxygen atoms in total. The Morgan fingerprint density at radius 2 is 0.905 bits per heavy atom. The van der Waals surface area contributed by atoms with E-state index >= 15 is 0 Å². The van der Waals surface area contributed by atoms with Crippen LogP contribution in [0, 0.1) is 0 Å². The van der Waals surface area contributed by atoms with Crippen molar-refractivity contribution in [2.75, 3.05) is 13.2 Å². The fourth-order valence-corrected chi connectivity index (χ4v) is 8.70. The Bertz CT molecular complexity index is 1040. The quantitative estimate of drug-likeness (QED) is 0.0261. The number of carbonyl (C=O) groups excluding carboxylic acids is 1. The molecule has 0 saturated carbocycles. The molecule has 0 bridgehead atoms. The number of aliphatic hydroxyl groups is 5. The van der Waals surface area contributed by atoms with Gasteiger partial charge in [0.15, 0.2) is 6.29 Å². The highest BCUT2D eigenvalue weighted by Gasteiger charge is 2.44. The van der Waals surface area contributed by atoms with Gasteiger partial charge in [-0.3, -0.25) is 4.79 Å². The van der Waals surface area contributed by atoms with Crippen molar-refractivity contribution in [2.45, 2.75) is 301 Å². The molecule has 0 aliphatic carbocycles. The summed E-state index contributed by atoms with van der Waals surface area (Å²) in [6.07, 6.45) is 48.1. The van der Waals surface area contributed by atoms with Gasteiger partial charge in [-0.2, -0.15) is 0 Å². The second kappa shape index (κ2) is 44.5. The van der Waals surface area contributed by atoms with Crippen molar-refractivity contribution < 1.29 is 39.8 Å². The van der Waals surface area contributed by atoms with Crippen molar-refractivity contribution in [1.29, 1.82) is 0 Å². The fraction of sp³-hybridized carbons (Fsp3) is 0.907. The topological polar surface area (TPSA) is 149 Å². The number of ether oxygens (including phenoxy) is 2. The standard InChI is InChI=1S/C54H103NO8/c1-3-5-7-9-11-13-15-17-19-21-23-24-26-28-30-32-34-36-38-40-42-44-50(58)55-47(46-62-54-53(61)52(60)51(59)49(45-56)63-54)48(57)43-41-39-37-35-33-31-29-27-25-22-20-18-16-14-12-10-8-6-4-2/h33,35,41,43,47-49,51-54,56-57,59-61H,3-32,34,36-40,42,44-46H2,1-2H3,(H,55,58)/b35-33+,43-41+. The minimum absolute atomic E-state index is 0.182. The lowest BCUT2D eigenvalue weighted by Gasteiger charge is -2.40. The molecule has 0 radical (unpaired) electrons. The number of rotatable bonds is 46. The highest BCUT2D eigenvalue weighted by molar-refractivity contribution is 5.76. The third kappa shape index (κ3) is 34.6. The second-order valence-corrected chi connectivity index (χ2v) is 19.0. The molecular weight excluding hydrogens is 791 g/mol. The zero-order valence-electron chi connectivity index (χ0n) is 41.1. The summed E-state index contributed by atoms with van der Waals surface area (Å²) in [4.78, 5) is 13.0. The Morgan fingerprint density at radius 3 is 1.33 bits per heavy atom. The number of aliphatic hydroxyl groups excluding tert-OH is 5. The average Bonchev–Trinajstić information content (AvgIpc) is 3.28. The van der Waals surface area contributed by atoms with E-state index in [1.54, 1.807) is 6.08 Å². The van der Waals surface area contributed by atoms with Crippen LogP contribution < -0.4 is 5.32 Å². The number of allylic oxidation sites excluding steroid dienone is 3. The molecule has 0 spiro atoms. The summed E-state index contributed by atoms with van der Waals surface area (Å²) in [5, 5.41) is 54.4. The highest BCUT2D eigenvalue weighted by atomic mass is 16.7. The minimum atomic E-state index is -1.57. The van der Waals surface area contributed by atoms with Crippen LogP contribution in [0.15, 0.2) is 24.3 Å². The predicted molar refractivity (Wildman–Crippen MR) is 263 cm³/mol. The molecule has 7 atom stereocenters. The van der Waals surface area contributed by atoms with Gasteiger partial charge in [0.1, 0.15) is 24.4 Å². The molecule has 1 fully saturated rings. The van der Waals surface area contributed by atoms with Gasteiger partial charge < -0.3 is 40.3 Å². The molecule has 1 rings (SSSR count). The lowest BCUT2D eigenvalue weighted by Crippen LogP contribution is -2.60. The molecule has 1 amide bonds. The van der Waals surface area contributed by atoms with E-state index in [0.29, 0.717) is 6.42 Å². The third-order valence-electron chi connectivity index (χ3n) is 13.0. The van der Waals surface area contributed by atoms with Crippen LogP contribution in [0.4, 0.5) is 0 Å². The fourth-order valence-electron chi connectivity index (χ4n) is 8.70. The number of nitrogens with one attached hydrogen (secondary N) is 1. The van der Waals surface area contributed by atoms with E-state index in [1.807, 2.05) is 6.08 Å². The van der Waals surface area contributed by atoms with Crippen LogP contribution in [0.2, 0.25) is 0 Å². The lowest BCUT2D eigenvalue weighted by atomic mass is 9.99. The van der Waals surface area contributed by atoms with Gasteiger partial charge >= 0.3 is 0 Å². The van der Waals surface area contributed by atoms with Crippen LogP contribution in [0.25, 0.3) is 0 Å². The smallest absolute Gasteiger partial charge is 0.220 e. The lowest BCUT2D eigenvalue weighted by molar-refractivity contribution is -0.302. The van der Waals surface area contributed by atoms with Gasteiger partial charge in [-0.1, -0.05) is 244 Å². The average molecular weight is 894 g/mol. The van der Waals surface area contributed by atoms with Crippen molar-refractivity contribution in [3.05, 3.63) is 24.3 Å². The Hall–Kier alpha value is -1.33. The second-order valence-electron chi connectivity index (χ2n) is 19.0. The van der Waals surface area contributed by atoms with Crippen molar-refractivity contribution >= 4 is 5.91 Å². The molecule has 372 valence electrons. The largest absolute Gasteiger partial charge is 0.394 e. The Morgan fingerprint density at radius 1 is 0.524 bits per heavy atom. The maximum Gasteiger partial charge on any atom is 0.220 e. The number of hydrogen-bond donors (Lipinski definition) is 6. The summed E-state index contributed by atoms with van der Waals surface area (Å²) in [6.45, 7) is 3.79. The van der Waals surface area contributed by atoms with Crippen LogP contribution in [0.5, 0.6) is 0 Å². The molecule has 7 unspecified atom stereocenters. The van der Waals surface area contributed by atoms with Gasteiger partial charge in [0.05, 0.1) is 25.4 Å². The first-order valence-electron chi connectivity index (χ1n) is 27.1. The van der Waals surface area contributed by atoms with E-state index in [0.717, 1.165) is 38.5 Å². The zero-order chi connectivity index (χ0) is 45.9. The highest BCUT2D eigenvalue weighted by Crippen LogP contribution is 2.23. The van der Waals surface area contributed by atoms with Gasteiger partial charge in [0.2, 0.25) is 5.91 Å². The SMILES string of the molecule is CCCCCCCCCCCCCCC/C=C/CC/C=C/C(O)C(COC1OC(CO)C(O)C(O)C1O)NC(=O)CCCCCCCCCCCCCCCCCCCCCCC. The minimum Gasteiger partial charge on any atom is -0.394 e. The maximum absolute atomic E-state index is 13.0. The molecule has 9 heteroatoms. The van der Waals surface area contributed by atoms with Gasteiger partial charge in [-0.05, 0) is 32.1 Å². The number of hydrogen-bond acceptors (Lipinski definition) is 8. The van der Waals surface area contributed by atoms with Crippen LogP contribution in [0.3, 0.4) is 0 Å². The van der Waals surface area contributed by atoms with Crippen LogP contribution >= 0.6 is 0 Å². The molecule has 1 heterocycles. The van der Waals surface area contributed by atoms with E-state index in [2.05, 4.69) is 31.3 Å². The first-order valence-corrected chi connectivity index (χ1v) is 27.1. The third-order valence-corrected chi connectivity index (χ3v) is 13.0. The monoisotopic (exact) mass is 894 g/mol. The maximum atomic E-state index is 13.0. The first kappa shape index (κ1) is 59.7. The normalized spacial score (nSPS) is 20.3. The Balaban J connectivity index is 2.28. The molecule has 1 aliphatic rings.